The normalized spacial score (nSPS) is 11.6. The Hall–Kier alpha value is -1.94. The van der Waals surface area contributed by atoms with Gasteiger partial charge in [0, 0.05) is 0 Å². The predicted octanol–water partition coefficient (Wildman–Crippen LogP) is 6.38. The number of thioether (sulfide) groups is 1. The van der Waals surface area contributed by atoms with Crippen LogP contribution >= 0.6 is 45.8 Å². The van der Waals surface area contributed by atoms with Crippen molar-refractivity contribution in [1.82, 2.24) is 15.0 Å². The number of ether oxygens (including phenoxy) is 1. The van der Waals surface area contributed by atoms with E-state index in [0.717, 1.165) is 41.6 Å². The van der Waals surface area contributed by atoms with Crippen molar-refractivity contribution in [3.05, 3.63) is 30.3 Å². The average Bonchev–Trinajstić information content (AvgIpc) is 3.37. The first-order chi connectivity index (χ1) is 13.2. The molecule has 0 fully saturated rings. The summed E-state index contributed by atoms with van der Waals surface area (Å²) in [6, 6.07) is 10.1. The van der Waals surface area contributed by atoms with Gasteiger partial charge in [0.25, 0.3) is 0 Å². The minimum absolute atomic E-state index is 0.625. The van der Waals surface area contributed by atoms with Gasteiger partial charge in [0.2, 0.25) is 0 Å². The van der Waals surface area contributed by atoms with Gasteiger partial charge in [-0.15, -0.1) is 11.3 Å². The summed E-state index contributed by atoms with van der Waals surface area (Å²) in [5.41, 5.74) is 2.92. The molecule has 0 aliphatic rings. The molecule has 0 saturated heterocycles. The van der Waals surface area contributed by atoms with Crippen LogP contribution < -0.4 is 10.1 Å². The molecule has 9 heteroatoms. The summed E-state index contributed by atoms with van der Waals surface area (Å²) in [5.74, 6) is 0.819. The van der Waals surface area contributed by atoms with Crippen molar-refractivity contribution < 1.29 is 4.74 Å². The lowest BCUT2D eigenvalue weighted by Gasteiger charge is -2.01. The van der Waals surface area contributed by atoms with Gasteiger partial charge < -0.3 is 10.1 Å². The molecule has 0 spiro atoms. The summed E-state index contributed by atoms with van der Waals surface area (Å²) in [7, 11) is 0. The number of hydrogen-bond acceptors (Lipinski definition) is 9. The maximum Gasteiger partial charge on any atom is 0.190 e. The molecule has 0 bridgehead atoms. The fraction of sp³-hybridized carbons (Fsp3) is 0.167. The van der Waals surface area contributed by atoms with Crippen molar-refractivity contribution >= 4 is 86.7 Å². The van der Waals surface area contributed by atoms with Crippen LogP contribution in [0.2, 0.25) is 0 Å². The second kappa shape index (κ2) is 6.90. The van der Waals surface area contributed by atoms with E-state index >= 15 is 0 Å². The van der Waals surface area contributed by atoms with E-state index in [2.05, 4.69) is 22.6 Å². The van der Waals surface area contributed by atoms with E-state index in [1.807, 2.05) is 31.2 Å². The lowest BCUT2D eigenvalue weighted by Crippen LogP contribution is -1.92. The molecule has 136 valence electrons. The summed E-state index contributed by atoms with van der Waals surface area (Å²) in [5, 5.41) is 5.04. The van der Waals surface area contributed by atoms with Crippen molar-refractivity contribution in [2.24, 2.45) is 0 Å². The van der Waals surface area contributed by atoms with Crippen LogP contribution in [-0.2, 0) is 0 Å². The third-order valence-corrected chi connectivity index (χ3v) is 8.11. The third-order valence-electron chi connectivity index (χ3n) is 3.96. The number of nitrogens with one attached hydrogen (secondary N) is 1. The van der Waals surface area contributed by atoms with Crippen LogP contribution in [0.25, 0.3) is 30.6 Å². The fourth-order valence-corrected chi connectivity index (χ4v) is 6.44. The van der Waals surface area contributed by atoms with Crippen molar-refractivity contribution in [3.63, 3.8) is 0 Å². The highest BCUT2D eigenvalue weighted by molar-refractivity contribution is 8.00. The SMILES string of the molecule is CCOc1cccc2sc(Nc3nc4ccc5nc(SC)sc5c4s3)nc12. The van der Waals surface area contributed by atoms with E-state index in [9.17, 15) is 0 Å². The van der Waals surface area contributed by atoms with Gasteiger partial charge in [-0.2, -0.15) is 0 Å². The zero-order valence-electron chi connectivity index (χ0n) is 14.5. The molecule has 27 heavy (non-hydrogen) atoms. The molecule has 3 heterocycles. The molecule has 0 unspecified atom stereocenters. The quantitative estimate of drug-likeness (QED) is 0.326. The monoisotopic (exact) mass is 430 g/mol. The van der Waals surface area contributed by atoms with Crippen LogP contribution in [0.15, 0.2) is 34.7 Å². The Labute approximate surface area is 171 Å². The minimum Gasteiger partial charge on any atom is -0.492 e. The fourth-order valence-electron chi connectivity index (χ4n) is 2.83. The van der Waals surface area contributed by atoms with Gasteiger partial charge in [-0.25, -0.2) is 15.0 Å². The van der Waals surface area contributed by atoms with Gasteiger partial charge in [-0.1, -0.05) is 40.5 Å². The van der Waals surface area contributed by atoms with Gasteiger partial charge in [0.1, 0.15) is 11.3 Å². The van der Waals surface area contributed by atoms with Crippen molar-refractivity contribution in [2.45, 2.75) is 11.3 Å². The highest BCUT2D eigenvalue weighted by Gasteiger charge is 2.14. The molecular weight excluding hydrogens is 416 g/mol. The second-order valence-corrected chi connectivity index (χ2v) is 9.73. The van der Waals surface area contributed by atoms with Crippen molar-refractivity contribution in [1.29, 1.82) is 0 Å². The molecule has 0 amide bonds. The first kappa shape index (κ1) is 17.2. The van der Waals surface area contributed by atoms with Crippen LogP contribution in [-0.4, -0.2) is 27.8 Å². The molecule has 2 aromatic carbocycles. The number of hydrogen-bond donors (Lipinski definition) is 1. The summed E-state index contributed by atoms with van der Waals surface area (Å²) < 4.78 is 10.2. The smallest absolute Gasteiger partial charge is 0.190 e. The van der Waals surface area contributed by atoms with Gasteiger partial charge in [0.15, 0.2) is 14.6 Å². The Kier molecular flexibility index (Phi) is 4.39. The van der Waals surface area contributed by atoms with E-state index in [1.165, 1.54) is 9.40 Å². The van der Waals surface area contributed by atoms with Crippen LogP contribution in [0.5, 0.6) is 5.75 Å². The average molecular weight is 431 g/mol. The number of nitrogens with zero attached hydrogens (tertiary/aromatic N) is 3. The highest BCUT2D eigenvalue weighted by Crippen LogP contribution is 2.40. The first-order valence-electron chi connectivity index (χ1n) is 8.28. The van der Waals surface area contributed by atoms with E-state index in [0.29, 0.717) is 6.61 Å². The number of para-hydroxylation sites is 1. The zero-order valence-corrected chi connectivity index (χ0v) is 17.7. The van der Waals surface area contributed by atoms with Gasteiger partial charge in [0.05, 0.1) is 31.7 Å². The van der Waals surface area contributed by atoms with Gasteiger partial charge in [-0.05, 0) is 37.4 Å². The molecule has 0 radical (unpaired) electrons. The zero-order chi connectivity index (χ0) is 18.4. The summed E-state index contributed by atoms with van der Waals surface area (Å²) in [6.07, 6.45) is 2.05. The number of rotatable bonds is 5. The molecule has 0 saturated carbocycles. The van der Waals surface area contributed by atoms with Crippen LogP contribution in [0.4, 0.5) is 10.3 Å². The minimum atomic E-state index is 0.625. The van der Waals surface area contributed by atoms with E-state index in [-0.39, 0.29) is 0 Å². The number of benzene rings is 2. The van der Waals surface area contributed by atoms with Crippen LogP contribution in [0.3, 0.4) is 0 Å². The Balaban J connectivity index is 1.54. The lowest BCUT2D eigenvalue weighted by atomic mass is 10.3. The molecule has 5 nitrogen and oxygen atoms in total. The topological polar surface area (TPSA) is 59.9 Å². The first-order valence-corrected chi connectivity index (χ1v) is 12.0. The van der Waals surface area contributed by atoms with Crippen LogP contribution in [0.1, 0.15) is 6.92 Å². The predicted molar refractivity (Wildman–Crippen MR) is 119 cm³/mol. The molecule has 0 atom stereocenters. The molecule has 0 aliphatic heterocycles. The van der Waals surface area contributed by atoms with Crippen LogP contribution in [0, 0.1) is 0 Å². The Morgan fingerprint density at radius 1 is 0.963 bits per heavy atom. The second-order valence-electron chi connectivity index (χ2n) is 5.64. The van der Waals surface area contributed by atoms with Gasteiger partial charge >= 0.3 is 0 Å². The summed E-state index contributed by atoms with van der Waals surface area (Å²) >= 11 is 6.65. The number of fused-ring (bicyclic) bond motifs is 4. The molecular formula is C18H14N4OS4. The number of anilines is 2. The molecule has 3 aromatic heterocycles. The van der Waals surface area contributed by atoms with E-state index in [4.69, 9.17) is 14.7 Å². The Bertz CT molecular complexity index is 1270. The van der Waals surface area contributed by atoms with Crippen molar-refractivity contribution in [3.8, 4) is 5.75 Å². The Morgan fingerprint density at radius 3 is 2.56 bits per heavy atom. The molecule has 5 aromatic rings. The van der Waals surface area contributed by atoms with E-state index in [1.54, 1.807) is 45.8 Å². The third kappa shape index (κ3) is 3.04. The maximum absolute atomic E-state index is 5.69. The molecule has 0 aliphatic carbocycles. The number of thiazole rings is 3. The van der Waals surface area contributed by atoms with Crippen molar-refractivity contribution in [2.75, 3.05) is 18.2 Å². The summed E-state index contributed by atoms with van der Waals surface area (Å²) in [4.78, 5) is 14.1. The Morgan fingerprint density at radius 2 is 1.74 bits per heavy atom. The van der Waals surface area contributed by atoms with Gasteiger partial charge in [-0.3, -0.25) is 0 Å². The highest BCUT2D eigenvalue weighted by atomic mass is 32.2. The molecule has 5 rings (SSSR count). The maximum atomic E-state index is 5.69. The van der Waals surface area contributed by atoms with E-state index < -0.39 is 0 Å². The largest absolute Gasteiger partial charge is 0.492 e. The standard InChI is InChI=1S/C18H14N4OS4/c1-3-23-11-5-4-6-12-13(11)21-17(25-12)22-16-19-9-7-8-10-15(14(9)26-16)27-18(20-10)24-2/h4-8H,3H2,1-2H3,(H,19,21,22). The molecule has 1 N–H and O–H groups in total. The number of aromatic nitrogens is 3. The lowest BCUT2D eigenvalue weighted by molar-refractivity contribution is 0.344. The summed E-state index contributed by atoms with van der Waals surface area (Å²) in [6.45, 7) is 2.61.